The largest absolute Gasteiger partial charge is 0.444 e. The zero-order chi connectivity index (χ0) is 16.5. The summed E-state index contributed by atoms with van der Waals surface area (Å²) in [5.41, 5.74) is 5.30. The summed E-state index contributed by atoms with van der Waals surface area (Å²) in [5.74, 6) is 0.685. The van der Waals surface area contributed by atoms with Crippen LogP contribution in [0.5, 0.6) is 0 Å². The molecule has 132 valence electrons. The molecule has 0 radical (unpaired) electrons. The van der Waals surface area contributed by atoms with Gasteiger partial charge in [0.1, 0.15) is 5.60 Å². The van der Waals surface area contributed by atoms with E-state index < -0.39 is 5.60 Å². The molecule has 0 aliphatic carbocycles. The van der Waals surface area contributed by atoms with Crippen molar-refractivity contribution in [2.45, 2.75) is 53.1 Å². The third-order valence-electron chi connectivity index (χ3n) is 2.70. The van der Waals surface area contributed by atoms with Gasteiger partial charge in [0.15, 0.2) is 5.96 Å². The number of nitrogens with zero attached hydrogens (tertiary/aromatic N) is 2. The van der Waals surface area contributed by atoms with E-state index in [-0.39, 0.29) is 36.0 Å². The Hall–Kier alpha value is -0.730. The number of ether oxygens (including phenoxy) is 1. The minimum atomic E-state index is -0.472. The average molecular weight is 428 g/mol. The van der Waals surface area contributed by atoms with Gasteiger partial charge in [-0.05, 0) is 33.1 Å². The van der Waals surface area contributed by atoms with Crippen molar-refractivity contribution in [3.05, 3.63) is 0 Å². The number of carbonyl (C=O) groups excluding carboxylic acids is 1. The van der Waals surface area contributed by atoms with Crippen LogP contribution in [0.15, 0.2) is 4.99 Å². The van der Waals surface area contributed by atoms with Crippen LogP contribution in [-0.4, -0.2) is 49.2 Å². The average Bonchev–Trinajstić information content (AvgIpc) is 2.34. The molecule has 6 nitrogen and oxygen atoms in total. The quantitative estimate of drug-likeness (QED) is 0.283. The maximum absolute atomic E-state index is 11.8. The fraction of sp³-hybridized carbons (Fsp3) is 0.867. The number of hydrogen-bond acceptors (Lipinski definition) is 3. The lowest BCUT2D eigenvalue weighted by atomic mass is 10.2. The Bertz CT molecular complexity index is 343. The molecular weight excluding hydrogens is 395 g/mol. The maximum Gasteiger partial charge on any atom is 0.410 e. The third-order valence-corrected chi connectivity index (χ3v) is 2.70. The van der Waals surface area contributed by atoms with Gasteiger partial charge in [-0.15, -0.1) is 24.0 Å². The number of carbonyl (C=O) groups is 1. The zero-order valence-corrected chi connectivity index (χ0v) is 17.1. The first-order valence-electron chi connectivity index (χ1n) is 7.63. The van der Waals surface area contributed by atoms with Crippen LogP contribution >= 0.6 is 24.0 Å². The van der Waals surface area contributed by atoms with Crippen LogP contribution in [-0.2, 0) is 4.74 Å². The number of unbranched alkanes of at least 4 members (excludes halogenated alkanes) is 1. The number of amides is 1. The normalized spacial score (nSPS) is 13.1. The van der Waals surface area contributed by atoms with Crippen molar-refractivity contribution in [3.63, 3.8) is 0 Å². The van der Waals surface area contributed by atoms with Gasteiger partial charge in [0, 0.05) is 26.7 Å². The van der Waals surface area contributed by atoms with E-state index in [0.29, 0.717) is 19.0 Å². The molecule has 0 fully saturated rings. The Kier molecular flexibility index (Phi) is 12.6. The Morgan fingerprint density at radius 3 is 2.50 bits per heavy atom. The molecule has 0 saturated heterocycles. The highest BCUT2D eigenvalue weighted by Crippen LogP contribution is 2.10. The third kappa shape index (κ3) is 13.0. The number of hydrogen-bond donors (Lipinski definition) is 2. The highest BCUT2D eigenvalue weighted by atomic mass is 127. The summed E-state index contributed by atoms with van der Waals surface area (Å²) in [5, 5.41) is 3.07. The SMILES string of the molecule is CCCCNC(N)=NCC(C)CN(C)C(=O)OC(C)(C)C.I. The fourth-order valence-corrected chi connectivity index (χ4v) is 1.64. The number of rotatable bonds is 7. The number of nitrogens with one attached hydrogen (secondary N) is 1. The van der Waals surface area contributed by atoms with Gasteiger partial charge in [-0.1, -0.05) is 20.3 Å². The topological polar surface area (TPSA) is 80.0 Å². The van der Waals surface area contributed by atoms with E-state index >= 15 is 0 Å². The van der Waals surface area contributed by atoms with E-state index in [9.17, 15) is 4.79 Å². The van der Waals surface area contributed by atoms with Crippen LogP contribution in [0.2, 0.25) is 0 Å². The number of guanidine groups is 1. The summed E-state index contributed by atoms with van der Waals surface area (Å²) in [6, 6.07) is 0. The molecule has 22 heavy (non-hydrogen) atoms. The van der Waals surface area contributed by atoms with E-state index in [1.54, 1.807) is 11.9 Å². The molecule has 0 aromatic rings. The van der Waals surface area contributed by atoms with Crippen molar-refractivity contribution in [1.29, 1.82) is 0 Å². The molecular formula is C15H33IN4O2. The van der Waals surface area contributed by atoms with Gasteiger partial charge in [0.25, 0.3) is 0 Å². The van der Waals surface area contributed by atoms with Gasteiger partial charge >= 0.3 is 6.09 Å². The second-order valence-electron chi connectivity index (χ2n) is 6.47. The van der Waals surface area contributed by atoms with Crippen molar-refractivity contribution >= 4 is 36.0 Å². The van der Waals surface area contributed by atoms with Crippen LogP contribution in [0.1, 0.15) is 47.5 Å². The molecule has 1 atom stereocenters. The summed E-state index contributed by atoms with van der Waals surface area (Å²) < 4.78 is 5.31. The van der Waals surface area contributed by atoms with Crippen LogP contribution < -0.4 is 11.1 Å². The summed E-state index contributed by atoms with van der Waals surface area (Å²) in [6.45, 7) is 11.7. The van der Waals surface area contributed by atoms with Gasteiger partial charge < -0.3 is 20.7 Å². The molecule has 0 aromatic heterocycles. The van der Waals surface area contributed by atoms with Gasteiger partial charge in [-0.25, -0.2) is 4.79 Å². The van der Waals surface area contributed by atoms with Gasteiger partial charge in [-0.3, -0.25) is 4.99 Å². The van der Waals surface area contributed by atoms with E-state index in [1.807, 2.05) is 27.7 Å². The van der Waals surface area contributed by atoms with Crippen molar-refractivity contribution in [2.75, 3.05) is 26.7 Å². The van der Waals surface area contributed by atoms with Crippen LogP contribution in [0.25, 0.3) is 0 Å². The first kappa shape index (κ1) is 23.5. The second kappa shape index (κ2) is 11.8. The Balaban J connectivity index is 0. The van der Waals surface area contributed by atoms with Crippen molar-refractivity contribution in [1.82, 2.24) is 10.2 Å². The maximum atomic E-state index is 11.8. The van der Waals surface area contributed by atoms with Crippen LogP contribution in [0, 0.1) is 5.92 Å². The Morgan fingerprint density at radius 2 is 2.00 bits per heavy atom. The molecule has 3 N–H and O–H groups in total. The molecule has 0 aliphatic heterocycles. The summed E-state index contributed by atoms with van der Waals surface area (Å²) in [6.07, 6.45) is 1.89. The van der Waals surface area contributed by atoms with Crippen molar-refractivity contribution in [3.8, 4) is 0 Å². The highest BCUT2D eigenvalue weighted by Gasteiger charge is 2.20. The van der Waals surface area contributed by atoms with E-state index in [0.717, 1.165) is 19.4 Å². The highest BCUT2D eigenvalue weighted by molar-refractivity contribution is 14.0. The van der Waals surface area contributed by atoms with Crippen molar-refractivity contribution < 1.29 is 9.53 Å². The number of aliphatic imine (C=N–C) groups is 1. The minimum absolute atomic E-state index is 0. The molecule has 0 heterocycles. The van der Waals surface area contributed by atoms with Crippen molar-refractivity contribution in [2.24, 2.45) is 16.6 Å². The predicted octanol–water partition coefficient (Wildman–Crippen LogP) is 2.81. The Labute approximate surface area is 152 Å². The summed E-state index contributed by atoms with van der Waals surface area (Å²) >= 11 is 0. The van der Waals surface area contributed by atoms with Gasteiger partial charge in [0.2, 0.25) is 0 Å². The molecule has 0 aromatic carbocycles. The second-order valence-corrected chi connectivity index (χ2v) is 6.47. The predicted molar refractivity (Wildman–Crippen MR) is 103 cm³/mol. The lowest BCUT2D eigenvalue weighted by Crippen LogP contribution is -2.37. The van der Waals surface area contributed by atoms with Crippen LogP contribution in [0.4, 0.5) is 4.79 Å². The molecule has 1 unspecified atom stereocenters. The molecule has 0 rings (SSSR count). The zero-order valence-electron chi connectivity index (χ0n) is 14.8. The molecule has 1 amide bonds. The molecule has 0 bridgehead atoms. The standard InChI is InChI=1S/C15H32N4O2.HI/c1-7-8-9-17-13(16)18-10-12(2)11-19(6)14(20)21-15(3,4)5;/h12H,7-11H2,1-6H3,(H3,16,17,18);1H. The first-order valence-corrected chi connectivity index (χ1v) is 7.63. The minimum Gasteiger partial charge on any atom is -0.444 e. The number of nitrogens with two attached hydrogens (primary N) is 1. The first-order chi connectivity index (χ1) is 9.65. The molecule has 7 heteroatoms. The molecule has 0 spiro atoms. The molecule has 0 aliphatic rings. The monoisotopic (exact) mass is 428 g/mol. The summed E-state index contributed by atoms with van der Waals surface area (Å²) in [4.78, 5) is 17.7. The van der Waals surface area contributed by atoms with E-state index in [2.05, 4.69) is 17.2 Å². The molecule has 0 saturated carbocycles. The van der Waals surface area contributed by atoms with Gasteiger partial charge in [-0.2, -0.15) is 0 Å². The van der Waals surface area contributed by atoms with Crippen LogP contribution in [0.3, 0.4) is 0 Å². The van der Waals surface area contributed by atoms with E-state index in [1.165, 1.54) is 0 Å². The summed E-state index contributed by atoms with van der Waals surface area (Å²) in [7, 11) is 1.73. The van der Waals surface area contributed by atoms with Gasteiger partial charge in [0.05, 0.1) is 0 Å². The Morgan fingerprint density at radius 1 is 1.41 bits per heavy atom. The fourth-order valence-electron chi connectivity index (χ4n) is 1.64. The lowest BCUT2D eigenvalue weighted by molar-refractivity contribution is 0.0279. The smallest absolute Gasteiger partial charge is 0.410 e. The van der Waals surface area contributed by atoms with E-state index in [4.69, 9.17) is 10.5 Å². The number of halogens is 1. The lowest BCUT2D eigenvalue weighted by Gasteiger charge is -2.26.